The molecule has 0 saturated heterocycles. The Morgan fingerprint density at radius 1 is 1.15 bits per heavy atom. The Labute approximate surface area is 80.3 Å². The summed E-state index contributed by atoms with van der Waals surface area (Å²) in [6.45, 7) is 4.39. The van der Waals surface area contributed by atoms with Gasteiger partial charge in [-0.15, -0.1) is 0 Å². The van der Waals surface area contributed by atoms with E-state index in [4.69, 9.17) is 0 Å². The fraction of sp³-hybridized carbons (Fsp3) is 0.385. The molecule has 0 aromatic heterocycles. The highest BCUT2D eigenvalue weighted by atomic mass is 14.1. The summed E-state index contributed by atoms with van der Waals surface area (Å²) in [7, 11) is 0. The lowest BCUT2D eigenvalue weighted by Gasteiger charge is -2.07. The van der Waals surface area contributed by atoms with Crippen LogP contribution >= 0.6 is 0 Å². The highest BCUT2D eigenvalue weighted by Crippen LogP contribution is 2.25. The number of benzene rings is 1. The maximum atomic E-state index is 2.36. The smallest absolute Gasteiger partial charge is 0.0198 e. The van der Waals surface area contributed by atoms with Gasteiger partial charge in [0.1, 0.15) is 0 Å². The first-order valence-electron chi connectivity index (χ1n) is 5.04. The summed E-state index contributed by atoms with van der Waals surface area (Å²) in [6, 6.07) is 6.81. The minimum absolute atomic E-state index is 1.24. The first-order valence-corrected chi connectivity index (χ1v) is 5.04. The zero-order valence-electron chi connectivity index (χ0n) is 8.43. The Kier molecular flexibility index (Phi) is 2.22. The topological polar surface area (TPSA) is 0 Å². The lowest BCUT2D eigenvalue weighted by molar-refractivity contribution is 0.850. The van der Waals surface area contributed by atoms with E-state index >= 15 is 0 Å². The molecule has 0 amide bonds. The third-order valence-corrected chi connectivity index (χ3v) is 2.79. The van der Waals surface area contributed by atoms with Crippen LogP contribution in [0.4, 0.5) is 0 Å². The zero-order valence-corrected chi connectivity index (χ0v) is 8.43. The van der Waals surface area contributed by atoms with Gasteiger partial charge < -0.3 is 0 Å². The quantitative estimate of drug-likeness (QED) is 0.559. The predicted octanol–water partition coefficient (Wildman–Crippen LogP) is 3.73. The molecule has 0 nitrogen and oxygen atoms in total. The predicted molar refractivity (Wildman–Crippen MR) is 57.8 cm³/mol. The fourth-order valence-electron chi connectivity index (χ4n) is 2.04. The lowest BCUT2D eigenvalue weighted by Crippen LogP contribution is -1.90. The molecular formula is C13H16. The van der Waals surface area contributed by atoms with Crippen molar-refractivity contribution in [2.45, 2.75) is 33.1 Å². The van der Waals surface area contributed by atoms with Crippen LogP contribution < -0.4 is 0 Å². The number of rotatable bonds is 0. The molecule has 0 fully saturated rings. The third kappa shape index (κ3) is 1.67. The number of allylic oxidation sites excluding steroid dienone is 2. The van der Waals surface area contributed by atoms with Gasteiger partial charge in [0.15, 0.2) is 0 Å². The van der Waals surface area contributed by atoms with Gasteiger partial charge in [0.25, 0.3) is 0 Å². The van der Waals surface area contributed by atoms with E-state index in [1.54, 1.807) is 0 Å². The number of fused-ring (bicyclic) bond motifs is 1. The van der Waals surface area contributed by atoms with E-state index in [1.165, 1.54) is 41.5 Å². The molecule has 1 aliphatic carbocycles. The Hall–Kier alpha value is -1.04. The fourth-order valence-corrected chi connectivity index (χ4v) is 2.04. The molecule has 0 unspecified atom stereocenters. The van der Waals surface area contributed by atoms with E-state index in [-0.39, 0.29) is 0 Å². The average molecular weight is 172 g/mol. The van der Waals surface area contributed by atoms with E-state index < -0.39 is 0 Å². The second kappa shape index (κ2) is 3.37. The highest BCUT2D eigenvalue weighted by Gasteiger charge is 2.07. The second-order valence-electron chi connectivity index (χ2n) is 3.94. The van der Waals surface area contributed by atoms with Crippen LogP contribution in [0.25, 0.3) is 5.57 Å². The normalized spacial score (nSPS) is 16.0. The van der Waals surface area contributed by atoms with Crippen molar-refractivity contribution in [3.8, 4) is 0 Å². The molecule has 1 aromatic carbocycles. The zero-order chi connectivity index (χ0) is 9.26. The number of aryl methyl sites for hydroxylation is 2. The largest absolute Gasteiger partial charge is 0.0810 e. The maximum absolute atomic E-state index is 2.36. The Bertz CT molecular complexity index is 345. The summed E-state index contributed by atoms with van der Waals surface area (Å²) < 4.78 is 0. The lowest BCUT2D eigenvalue weighted by atomic mass is 9.98. The molecule has 0 heteroatoms. The van der Waals surface area contributed by atoms with Crippen LogP contribution in [0, 0.1) is 6.92 Å². The second-order valence-corrected chi connectivity index (χ2v) is 3.94. The molecule has 0 bridgehead atoms. The number of hydrogen-bond donors (Lipinski definition) is 0. The van der Waals surface area contributed by atoms with E-state index in [9.17, 15) is 0 Å². The van der Waals surface area contributed by atoms with Gasteiger partial charge in [0.2, 0.25) is 0 Å². The van der Waals surface area contributed by atoms with Crippen LogP contribution in [-0.2, 0) is 6.42 Å². The molecule has 0 aliphatic heterocycles. The number of hydrogen-bond acceptors (Lipinski definition) is 0. The summed E-state index contributed by atoms with van der Waals surface area (Å²) in [5.41, 5.74) is 5.83. The van der Waals surface area contributed by atoms with E-state index in [0.717, 1.165) is 0 Å². The van der Waals surface area contributed by atoms with Gasteiger partial charge >= 0.3 is 0 Å². The van der Waals surface area contributed by atoms with Crippen molar-refractivity contribution in [2.24, 2.45) is 0 Å². The van der Waals surface area contributed by atoms with Crippen LogP contribution in [0.2, 0.25) is 0 Å². The van der Waals surface area contributed by atoms with Crippen LogP contribution in [0.5, 0.6) is 0 Å². The summed E-state index contributed by atoms with van der Waals surface area (Å²) in [5.74, 6) is 0. The van der Waals surface area contributed by atoms with Crippen molar-refractivity contribution in [1.29, 1.82) is 0 Å². The first kappa shape index (κ1) is 8.55. The minimum Gasteiger partial charge on any atom is -0.0810 e. The van der Waals surface area contributed by atoms with Gasteiger partial charge in [0.05, 0.1) is 0 Å². The van der Waals surface area contributed by atoms with Gasteiger partial charge in [-0.3, -0.25) is 0 Å². The van der Waals surface area contributed by atoms with Gasteiger partial charge in [-0.25, -0.2) is 0 Å². The molecule has 68 valence electrons. The summed E-state index contributed by atoms with van der Waals surface area (Å²) >= 11 is 0. The van der Waals surface area contributed by atoms with Gasteiger partial charge in [0, 0.05) is 0 Å². The van der Waals surface area contributed by atoms with Crippen molar-refractivity contribution in [3.05, 3.63) is 41.0 Å². The molecular weight excluding hydrogens is 156 g/mol. The molecule has 1 aromatic rings. The highest BCUT2D eigenvalue weighted by molar-refractivity contribution is 5.67. The van der Waals surface area contributed by atoms with Crippen molar-refractivity contribution in [3.63, 3.8) is 0 Å². The van der Waals surface area contributed by atoms with Crippen LogP contribution in [0.1, 0.15) is 36.5 Å². The molecule has 0 heterocycles. The molecule has 0 radical (unpaired) electrons. The maximum Gasteiger partial charge on any atom is -0.0198 e. The Balaban J connectivity index is 2.52. The van der Waals surface area contributed by atoms with E-state index in [2.05, 4.69) is 38.1 Å². The Morgan fingerprint density at radius 3 is 2.85 bits per heavy atom. The molecule has 0 spiro atoms. The van der Waals surface area contributed by atoms with Gasteiger partial charge in [-0.05, 0) is 49.8 Å². The average Bonchev–Trinajstić information content (AvgIpc) is 2.28. The van der Waals surface area contributed by atoms with Crippen LogP contribution in [0.15, 0.2) is 24.3 Å². The molecule has 0 atom stereocenters. The van der Waals surface area contributed by atoms with Gasteiger partial charge in [-0.1, -0.05) is 29.8 Å². The van der Waals surface area contributed by atoms with Crippen molar-refractivity contribution in [2.75, 3.05) is 0 Å². The molecule has 13 heavy (non-hydrogen) atoms. The van der Waals surface area contributed by atoms with Crippen molar-refractivity contribution < 1.29 is 0 Å². The standard InChI is InChI=1S/C13H16/c1-10-7-8-13-11(2)5-3-4-6-12(13)9-10/h5,7-9H,3-4,6H2,1-2H3. The molecule has 0 saturated carbocycles. The molecule has 1 aliphatic rings. The van der Waals surface area contributed by atoms with Crippen LogP contribution in [0.3, 0.4) is 0 Å². The van der Waals surface area contributed by atoms with E-state index in [1.807, 2.05) is 0 Å². The summed E-state index contributed by atoms with van der Waals surface area (Å²) in [6.07, 6.45) is 6.14. The van der Waals surface area contributed by atoms with E-state index in [0.29, 0.717) is 0 Å². The minimum atomic E-state index is 1.24. The SMILES string of the molecule is CC1=CCCCc2cc(C)ccc21. The molecule has 0 N–H and O–H groups in total. The molecule has 2 rings (SSSR count). The van der Waals surface area contributed by atoms with Crippen LogP contribution in [-0.4, -0.2) is 0 Å². The third-order valence-electron chi connectivity index (χ3n) is 2.79. The summed E-state index contributed by atoms with van der Waals surface area (Å²) in [5, 5.41) is 0. The Morgan fingerprint density at radius 2 is 2.00 bits per heavy atom. The summed E-state index contributed by atoms with van der Waals surface area (Å²) in [4.78, 5) is 0. The van der Waals surface area contributed by atoms with Crippen molar-refractivity contribution >= 4 is 5.57 Å². The monoisotopic (exact) mass is 172 g/mol. The van der Waals surface area contributed by atoms with Gasteiger partial charge in [-0.2, -0.15) is 0 Å². The van der Waals surface area contributed by atoms with Crippen molar-refractivity contribution in [1.82, 2.24) is 0 Å². The first-order chi connectivity index (χ1) is 6.27.